The van der Waals surface area contributed by atoms with Crippen molar-refractivity contribution in [1.29, 1.82) is 0 Å². The quantitative estimate of drug-likeness (QED) is 0.568. The molecule has 0 bridgehead atoms. The van der Waals surface area contributed by atoms with Crippen LogP contribution in [-0.4, -0.2) is 0 Å². The van der Waals surface area contributed by atoms with E-state index in [1.165, 1.54) is 17.4 Å². The SMILES string of the molecule is Nc1c(C(F)F)cc(S)c2ccsc12. The standard InChI is InChI=1S/C9H7F2NS2/c10-9(11)5-3-6(13)4-1-2-14-8(4)7(5)12/h1-3,9,13H,12H2. The highest BCUT2D eigenvalue weighted by Crippen LogP contribution is 2.38. The summed E-state index contributed by atoms with van der Waals surface area (Å²) in [4.78, 5) is 0.547. The molecule has 0 saturated heterocycles. The molecular formula is C9H7F2NS2. The highest BCUT2D eigenvalue weighted by Gasteiger charge is 2.16. The van der Waals surface area contributed by atoms with Gasteiger partial charge in [0.1, 0.15) is 0 Å². The first-order chi connectivity index (χ1) is 6.61. The van der Waals surface area contributed by atoms with Crippen LogP contribution in [0.3, 0.4) is 0 Å². The lowest BCUT2D eigenvalue weighted by Crippen LogP contribution is -1.95. The van der Waals surface area contributed by atoms with Crippen LogP contribution in [0.5, 0.6) is 0 Å². The van der Waals surface area contributed by atoms with E-state index < -0.39 is 6.43 Å². The molecule has 2 rings (SSSR count). The first-order valence-electron chi connectivity index (χ1n) is 3.88. The molecule has 0 aliphatic carbocycles. The van der Waals surface area contributed by atoms with Gasteiger partial charge >= 0.3 is 0 Å². The van der Waals surface area contributed by atoms with Crippen molar-refractivity contribution in [2.75, 3.05) is 5.73 Å². The number of fused-ring (bicyclic) bond motifs is 1. The summed E-state index contributed by atoms with van der Waals surface area (Å²) < 4.78 is 25.8. The van der Waals surface area contributed by atoms with Crippen LogP contribution in [0.25, 0.3) is 10.1 Å². The number of thiol groups is 1. The molecule has 1 heterocycles. The van der Waals surface area contributed by atoms with Gasteiger partial charge in [0, 0.05) is 15.8 Å². The Morgan fingerprint density at radius 3 is 2.79 bits per heavy atom. The minimum atomic E-state index is -2.55. The lowest BCUT2D eigenvalue weighted by atomic mass is 10.1. The number of nitrogens with two attached hydrogens (primary N) is 1. The Bertz CT molecular complexity index is 479. The molecule has 0 spiro atoms. The van der Waals surface area contributed by atoms with Crippen molar-refractivity contribution in [2.24, 2.45) is 0 Å². The maximum Gasteiger partial charge on any atom is 0.265 e. The average Bonchev–Trinajstić information content (AvgIpc) is 2.59. The molecule has 2 N–H and O–H groups in total. The summed E-state index contributed by atoms with van der Waals surface area (Å²) in [6.45, 7) is 0. The number of thiophene rings is 1. The largest absolute Gasteiger partial charge is 0.397 e. The summed E-state index contributed by atoms with van der Waals surface area (Å²) >= 11 is 5.50. The van der Waals surface area contributed by atoms with Crippen molar-refractivity contribution in [3.63, 3.8) is 0 Å². The second-order valence-electron chi connectivity index (χ2n) is 2.86. The van der Waals surface area contributed by atoms with Crippen LogP contribution in [0.15, 0.2) is 22.4 Å². The van der Waals surface area contributed by atoms with Gasteiger partial charge < -0.3 is 5.73 Å². The molecule has 1 aromatic carbocycles. The van der Waals surface area contributed by atoms with Crippen LogP contribution in [0.4, 0.5) is 14.5 Å². The second-order valence-corrected chi connectivity index (χ2v) is 4.26. The van der Waals surface area contributed by atoms with E-state index in [1.807, 2.05) is 11.4 Å². The van der Waals surface area contributed by atoms with E-state index in [2.05, 4.69) is 12.6 Å². The van der Waals surface area contributed by atoms with Crippen LogP contribution in [-0.2, 0) is 0 Å². The molecule has 0 aliphatic rings. The van der Waals surface area contributed by atoms with Crippen LogP contribution in [0.1, 0.15) is 12.0 Å². The monoisotopic (exact) mass is 231 g/mol. The van der Waals surface area contributed by atoms with Crippen LogP contribution in [0, 0.1) is 0 Å². The van der Waals surface area contributed by atoms with Gasteiger partial charge in [-0.1, -0.05) is 0 Å². The number of alkyl halides is 2. The number of nitrogen functional groups attached to an aromatic ring is 1. The first kappa shape index (κ1) is 9.73. The Labute approximate surface area is 88.9 Å². The maximum atomic E-state index is 12.5. The van der Waals surface area contributed by atoms with Crippen molar-refractivity contribution in [1.82, 2.24) is 0 Å². The van der Waals surface area contributed by atoms with Gasteiger partial charge in [-0.15, -0.1) is 24.0 Å². The Morgan fingerprint density at radius 1 is 1.43 bits per heavy atom. The number of halogens is 2. The molecule has 0 saturated carbocycles. The molecule has 0 unspecified atom stereocenters. The van der Waals surface area contributed by atoms with E-state index in [-0.39, 0.29) is 11.3 Å². The summed E-state index contributed by atoms with van der Waals surface area (Å²) in [6, 6.07) is 3.16. The third kappa shape index (κ3) is 1.36. The van der Waals surface area contributed by atoms with Gasteiger partial charge in [-0.05, 0) is 17.5 Å². The van der Waals surface area contributed by atoms with Gasteiger partial charge in [0.15, 0.2) is 0 Å². The molecule has 1 aromatic heterocycles. The number of anilines is 1. The third-order valence-electron chi connectivity index (χ3n) is 2.02. The van der Waals surface area contributed by atoms with Gasteiger partial charge in [0.2, 0.25) is 0 Å². The van der Waals surface area contributed by atoms with Crippen LogP contribution in [0.2, 0.25) is 0 Å². The molecule has 0 amide bonds. The smallest absolute Gasteiger partial charge is 0.265 e. The Hall–Kier alpha value is -0.810. The minimum Gasteiger partial charge on any atom is -0.397 e. The lowest BCUT2D eigenvalue weighted by molar-refractivity contribution is 0.152. The topological polar surface area (TPSA) is 26.0 Å². The predicted octanol–water partition coefficient (Wildman–Crippen LogP) is 3.71. The number of hydrogen-bond acceptors (Lipinski definition) is 3. The first-order valence-corrected chi connectivity index (χ1v) is 5.20. The third-order valence-corrected chi connectivity index (χ3v) is 3.34. The molecule has 0 aliphatic heterocycles. The zero-order valence-electron chi connectivity index (χ0n) is 7.00. The Morgan fingerprint density at radius 2 is 2.14 bits per heavy atom. The predicted molar refractivity (Wildman–Crippen MR) is 58.4 cm³/mol. The summed E-state index contributed by atoms with van der Waals surface area (Å²) in [5.74, 6) is 0. The second kappa shape index (κ2) is 3.40. The van der Waals surface area contributed by atoms with E-state index in [0.717, 1.165) is 5.39 Å². The Kier molecular flexibility index (Phi) is 2.36. The van der Waals surface area contributed by atoms with E-state index in [4.69, 9.17) is 5.73 Å². The zero-order chi connectivity index (χ0) is 10.3. The molecular weight excluding hydrogens is 224 g/mol. The number of hydrogen-bond donors (Lipinski definition) is 2. The number of benzene rings is 1. The van der Waals surface area contributed by atoms with Gasteiger partial charge in [0.05, 0.1) is 10.4 Å². The van der Waals surface area contributed by atoms with E-state index in [1.54, 1.807) is 0 Å². The fourth-order valence-corrected chi connectivity index (χ4v) is 2.63. The molecule has 2 aromatic rings. The van der Waals surface area contributed by atoms with Crippen molar-refractivity contribution < 1.29 is 8.78 Å². The fourth-order valence-electron chi connectivity index (χ4n) is 1.33. The zero-order valence-corrected chi connectivity index (χ0v) is 8.71. The maximum absolute atomic E-state index is 12.5. The molecule has 0 fully saturated rings. The fraction of sp³-hybridized carbons (Fsp3) is 0.111. The van der Waals surface area contributed by atoms with Gasteiger partial charge in [-0.3, -0.25) is 0 Å². The van der Waals surface area contributed by atoms with Crippen molar-refractivity contribution >= 4 is 39.7 Å². The molecule has 5 heteroatoms. The minimum absolute atomic E-state index is 0.134. The van der Waals surface area contributed by atoms with Crippen molar-refractivity contribution in [3.05, 3.63) is 23.1 Å². The van der Waals surface area contributed by atoms with Crippen LogP contribution < -0.4 is 5.73 Å². The molecule has 0 radical (unpaired) electrons. The average molecular weight is 231 g/mol. The summed E-state index contributed by atoms with van der Waals surface area (Å²) in [6.07, 6.45) is -2.55. The summed E-state index contributed by atoms with van der Waals surface area (Å²) in [5.41, 5.74) is 5.66. The summed E-state index contributed by atoms with van der Waals surface area (Å²) in [7, 11) is 0. The lowest BCUT2D eigenvalue weighted by Gasteiger charge is -2.07. The molecule has 74 valence electrons. The number of rotatable bonds is 1. The van der Waals surface area contributed by atoms with E-state index >= 15 is 0 Å². The highest BCUT2D eigenvalue weighted by molar-refractivity contribution is 7.80. The van der Waals surface area contributed by atoms with Crippen molar-refractivity contribution in [3.8, 4) is 0 Å². The van der Waals surface area contributed by atoms with Crippen LogP contribution >= 0.6 is 24.0 Å². The Balaban J connectivity index is 2.82. The highest BCUT2D eigenvalue weighted by atomic mass is 32.1. The van der Waals surface area contributed by atoms with E-state index in [9.17, 15) is 8.78 Å². The van der Waals surface area contributed by atoms with Gasteiger partial charge in [0.25, 0.3) is 6.43 Å². The van der Waals surface area contributed by atoms with E-state index in [0.29, 0.717) is 9.60 Å². The van der Waals surface area contributed by atoms with Gasteiger partial charge in [-0.25, -0.2) is 8.78 Å². The molecule has 0 atom stereocenters. The summed E-state index contributed by atoms with van der Waals surface area (Å²) in [5, 5.41) is 2.65. The van der Waals surface area contributed by atoms with Crippen molar-refractivity contribution in [2.45, 2.75) is 11.3 Å². The normalized spacial score (nSPS) is 11.4. The molecule has 14 heavy (non-hydrogen) atoms. The molecule has 1 nitrogen and oxygen atoms in total. The van der Waals surface area contributed by atoms with Gasteiger partial charge in [-0.2, -0.15) is 0 Å².